The van der Waals surface area contributed by atoms with Crippen molar-refractivity contribution in [3.05, 3.63) is 44.2 Å². The summed E-state index contributed by atoms with van der Waals surface area (Å²) in [6.45, 7) is 0. The highest BCUT2D eigenvalue weighted by molar-refractivity contribution is 14.1. The zero-order valence-electron chi connectivity index (χ0n) is 6.52. The number of fused-ring (bicyclic) bond motifs is 1. The highest BCUT2D eigenvalue weighted by Gasteiger charge is 2.04. The Balaban J connectivity index is 2.89. The van der Waals surface area contributed by atoms with Crippen molar-refractivity contribution < 1.29 is 4.39 Å². The lowest BCUT2D eigenvalue weighted by molar-refractivity contribution is 0.632. The van der Waals surface area contributed by atoms with E-state index in [4.69, 9.17) is 0 Å². The van der Waals surface area contributed by atoms with Gasteiger partial charge in [0.1, 0.15) is 5.82 Å². The maximum Gasteiger partial charge on any atom is 0.144 e. The molecule has 0 nitrogen and oxygen atoms in total. The molecule has 66 valence electrons. The van der Waals surface area contributed by atoms with Crippen LogP contribution in [0.3, 0.4) is 0 Å². The third kappa shape index (κ3) is 1.72. The minimum Gasteiger partial charge on any atom is -0.205 e. The van der Waals surface area contributed by atoms with Crippen LogP contribution in [-0.2, 0) is 0 Å². The maximum atomic E-state index is 13.5. The largest absolute Gasteiger partial charge is 0.205 e. The third-order valence-corrected chi connectivity index (χ3v) is 3.20. The molecule has 0 N–H and O–H groups in total. The molecule has 0 bridgehead atoms. The summed E-state index contributed by atoms with van der Waals surface area (Å²) in [5.74, 6) is -0.139. The van der Waals surface area contributed by atoms with Gasteiger partial charge in [-0.2, -0.15) is 0 Å². The molecule has 0 atom stereocenters. The van der Waals surface area contributed by atoms with Crippen LogP contribution in [0.5, 0.6) is 0 Å². The molecule has 0 unspecified atom stereocenters. The molecule has 3 heteroatoms. The minimum atomic E-state index is -0.139. The molecule has 0 spiro atoms. The summed E-state index contributed by atoms with van der Waals surface area (Å²) in [5.41, 5.74) is 0. The van der Waals surface area contributed by atoms with Gasteiger partial charge in [-0.05, 0) is 46.2 Å². The highest BCUT2D eigenvalue weighted by Crippen LogP contribution is 2.25. The molecule has 0 heterocycles. The van der Waals surface area contributed by atoms with Crippen LogP contribution in [0.25, 0.3) is 10.8 Å². The molecule has 0 fully saturated rings. The van der Waals surface area contributed by atoms with Crippen molar-refractivity contribution in [2.24, 2.45) is 0 Å². The van der Waals surface area contributed by atoms with E-state index in [1.54, 1.807) is 12.1 Å². The minimum absolute atomic E-state index is 0.139. The molecule has 2 aromatic rings. The number of rotatable bonds is 0. The Morgan fingerprint density at radius 1 is 1.15 bits per heavy atom. The standard InChI is InChI=1S/C10H5BrFI/c11-7-3-1-6-2-4-9(13)10(12)8(6)5-7/h1-5H. The van der Waals surface area contributed by atoms with Gasteiger partial charge in [0.2, 0.25) is 0 Å². The Morgan fingerprint density at radius 3 is 2.62 bits per heavy atom. The van der Waals surface area contributed by atoms with Gasteiger partial charge in [0.25, 0.3) is 0 Å². The van der Waals surface area contributed by atoms with Crippen LogP contribution >= 0.6 is 38.5 Å². The quantitative estimate of drug-likeness (QED) is 0.620. The van der Waals surface area contributed by atoms with Crippen LogP contribution in [0.4, 0.5) is 4.39 Å². The fraction of sp³-hybridized carbons (Fsp3) is 0. The summed E-state index contributed by atoms with van der Waals surface area (Å²) in [7, 11) is 0. The van der Waals surface area contributed by atoms with Gasteiger partial charge in [0, 0.05) is 13.4 Å². The Morgan fingerprint density at radius 2 is 1.85 bits per heavy atom. The molecule has 0 aromatic heterocycles. The zero-order valence-corrected chi connectivity index (χ0v) is 10.3. The lowest BCUT2D eigenvalue weighted by Gasteiger charge is -2.01. The summed E-state index contributed by atoms with van der Waals surface area (Å²) >= 11 is 5.32. The van der Waals surface area contributed by atoms with Crippen molar-refractivity contribution in [3.8, 4) is 0 Å². The van der Waals surface area contributed by atoms with Gasteiger partial charge in [-0.3, -0.25) is 0 Å². The lowest BCUT2D eigenvalue weighted by Crippen LogP contribution is -1.84. The molecule has 0 amide bonds. The van der Waals surface area contributed by atoms with Gasteiger partial charge >= 0.3 is 0 Å². The molecule has 0 aliphatic rings. The van der Waals surface area contributed by atoms with E-state index in [1.807, 2.05) is 40.8 Å². The van der Waals surface area contributed by atoms with Gasteiger partial charge in [0.05, 0.1) is 0 Å². The van der Waals surface area contributed by atoms with Crippen molar-refractivity contribution in [2.45, 2.75) is 0 Å². The SMILES string of the molecule is Fc1c(I)ccc2ccc(Br)cc12. The van der Waals surface area contributed by atoms with E-state index in [9.17, 15) is 4.39 Å². The summed E-state index contributed by atoms with van der Waals surface area (Å²) in [4.78, 5) is 0. The summed E-state index contributed by atoms with van der Waals surface area (Å²) in [6.07, 6.45) is 0. The molecule has 13 heavy (non-hydrogen) atoms. The summed E-state index contributed by atoms with van der Waals surface area (Å²) < 4.78 is 15.1. The van der Waals surface area contributed by atoms with Crippen LogP contribution < -0.4 is 0 Å². The third-order valence-electron chi connectivity index (χ3n) is 1.87. The normalized spacial score (nSPS) is 10.7. The van der Waals surface area contributed by atoms with E-state index in [0.29, 0.717) is 8.96 Å². The van der Waals surface area contributed by atoms with Crippen molar-refractivity contribution in [3.63, 3.8) is 0 Å². The Bertz CT molecular complexity index is 462. The molecular weight excluding hydrogens is 346 g/mol. The fourth-order valence-electron chi connectivity index (χ4n) is 1.23. The topological polar surface area (TPSA) is 0 Å². The van der Waals surface area contributed by atoms with E-state index in [-0.39, 0.29) is 5.82 Å². The second-order valence-corrected chi connectivity index (χ2v) is 4.80. The maximum absolute atomic E-state index is 13.5. The van der Waals surface area contributed by atoms with Crippen LogP contribution in [-0.4, -0.2) is 0 Å². The van der Waals surface area contributed by atoms with Crippen molar-refractivity contribution >= 4 is 49.3 Å². The van der Waals surface area contributed by atoms with E-state index >= 15 is 0 Å². The van der Waals surface area contributed by atoms with Gasteiger partial charge < -0.3 is 0 Å². The lowest BCUT2D eigenvalue weighted by atomic mass is 10.1. The molecular formula is C10H5BrFI. The first-order chi connectivity index (χ1) is 6.18. The predicted molar refractivity (Wildman–Crippen MR) is 64.3 cm³/mol. The van der Waals surface area contributed by atoms with E-state index < -0.39 is 0 Å². The zero-order chi connectivity index (χ0) is 9.42. The van der Waals surface area contributed by atoms with Gasteiger partial charge in [-0.1, -0.05) is 28.1 Å². The van der Waals surface area contributed by atoms with Crippen LogP contribution in [0.2, 0.25) is 0 Å². The number of hydrogen-bond acceptors (Lipinski definition) is 0. The average Bonchev–Trinajstić information content (AvgIpc) is 2.12. The van der Waals surface area contributed by atoms with Crippen molar-refractivity contribution in [1.82, 2.24) is 0 Å². The molecule has 0 saturated heterocycles. The van der Waals surface area contributed by atoms with E-state index in [1.165, 1.54) is 0 Å². The summed E-state index contributed by atoms with van der Waals surface area (Å²) in [6, 6.07) is 9.32. The Labute approximate surface area is 97.4 Å². The number of halogens is 3. The average molecular weight is 351 g/mol. The van der Waals surface area contributed by atoms with Crippen LogP contribution in [0, 0.1) is 9.39 Å². The van der Waals surface area contributed by atoms with E-state index in [2.05, 4.69) is 15.9 Å². The first-order valence-electron chi connectivity index (χ1n) is 3.72. The van der Waals surface area contributed by atoms with Crippen molar-refractivity contribution in [2.75, 3.05) is 0 Å². The molecule has 0 aliphatic carbocycles. The second-order valence-electron chi connectivity index (χ2n) is 2.73. The number of benzene rings is 2. The van der Waals surface area contributed by atoms with Crippen LogP contribution in [0.15, 0.2) is 34.8 Å². The van der Waals surface area contributed by atoms with Gasteiger partial charge in [0.15, 0.2) is 0 Å². The number of hydrogen-bond donors (Lipinski definition) is 0. The predicted octanol–water partition coefficient (Wildman–Crippen LogP) is 4.35. The van der Waals surface area contributed by atoms with Crippen LogP contribution in [0.1, 0.15) is 0 Å². The summed E-state index contributed by atoms with van der Waals surface area (Å²) in [5, 5.41) is 1.60. The van der Waals surface area contributed by atoms with Crippen molar-refractivity contribution in [1.29, 1.82) is 0 Å². The molecule has 0 saturated carbocycles. The first kappa shape index (κ1) is 9.40. The van der Waals surface area contributed by atoms with Gasteiger partial charge in [-0.15, -0.1) is 0 Å². The first-order valence-corrected chi connectivity index (χ1v) is 5.59. The highest BCUT2D eigenvalue weighted by atomic mass is 127. The fourth-order valence-corrected chi connectivity index (χ4v) is 2.06. The molecule has 2 aromatic carbocycles. The second kappa shape index (κ2) is 3.53. The monoisotopic (exact) mass is 350 g/mol. The van der Waals surface area contributed by atoms with Gasteiger partial charge in [-0.25, -0.2) is 4.39 Å². The molecule has 0 radical (unpaired) electrons. The molecule has 2 rings (SSSR count). The molecule has 0 aliphatic heterocycles. The Hall–Kier alpha value is -0.160. The smallest absolute Gasteiger partial charge is 0.144 e. The van der Waals surface area contributed by atoms with E-state index in [0.717, 1.165) is 9.86 Å². The Kier molecular flexibility index (Phi) is 2.55.